The fraction of sp³-hybridized carbons (Fsp3) is 0.278. The third-order valence-electron chi connectivity index (χ3n) is 4.56. The first-order valence-electron chi connectivity index (χ1n) is 8.27. The SMILES string of the molecule is O=c1c2c3c(sc2ncn1Cc1coc(-c2cccs2)n1)CCCC3. The van der Waals surface area contributed by atoms with Crippen LogP contribution in [-0.2, 0) is 19.4 Å². The number of aromatic nitrogens is 3. The van der Waals surface area contributed by atoms with E-state index in [9.17, 15) is 4.79 Å². The van der Waals surface area contributed by atoms with Gasteiger partial charge >= 0.3 is 0 Å². The zero-order chi connectivity index (χ0) is 16.8. The summed E-state index contributed by atoms with van der Waals surface area (Å²) in [6, 6.07) is 3.93. The molecule has 4 aromatic heterocycles. The van der Waals surface area contributed by atoms with Gasteiger partial charge in [-0.2, -0.15) is 0 Å². The number of thiophene rings is 2. The molecule has 0 amide bonds. The Kier molecular flexibility index (Phi) is 3.57. The molecule has 0 unspecified atom stereocenters. The highest BCUT2D eigenvalue weighted by atomic mass is 32.1. The van der Waals surface area contributed by atoms with Crippen LogP contribution < -0.4 is 5.56 Å². The highest BCUT2D eigenvalue weighted by Crippen LogP contribution is 2.33. The van der Waals surface area contributed by atoms with Crippen LogP contribution in [-0.4, -0.2) is 14.5 Å². The third-order valence-corrected chi connectivity index (χ3v) is 6.62. The van der Waals surface area contributed by atoms with Gasteiger partial charge in [0.25, 0.3) is 5.56 Å². The van der Waals surface area contributed by atoms with Gasteiger partial charge in [-0.05, 0) is 42.7 Å². The molecule has 126 valence electrons. The van der Waals surface area contributed by atoms with Gasteiger partial charge in [0.1, 0.15) is 11.1 Å². The van der Waals surface area contributed by atoms with Crippen molar-refractivity contribution in [1.82, 2.24) is 14.5 Å². The van der Waals surface area contributed by atoms with Crippen LogP contribution in [0.4, 0.5) is 0 Å². The molecule has 0 saturated heterocycles. The lowest BCUT2D eigenvalue weighted by Gasteiger charge is -2.10. The van der Waals surface area contributed by atoms with Crippen molar-refractivity contribution in [3.05, 3.63) is 56.6 Å². The van der Waals surface area contributed by atoms with E-state index in [2.05, 4.69) is 9.97 Å². The molecule has 25 heavy (non-hydrogen) atoms. The first-order valence-corrected chi connectivity index (χ1v) is 9.97. The number of hydrogen-bond acceptors (Lipinski definition) is 6. The predicted molar refractivity (Wildman–Crippen MR) is 99.4 cm³/mol. The second kappa shape index (κ2) is 5.93. The molecule has 0 atom stereocenters. The van der Waals surface area contributed by atoms with Crippen LogP contribution in [0, 0.1) is 0 Å². The fourth-order valence-electron chi connectivity index (χ4n) is 3.36. The summed E-state index contributed by atoms with van der Waals surface area (Å²) in [6.45, 7) is 0.376. The minimum atomic E-state index is 0.0325. The van der Waals surface area contributed by atoms with Gasteiger partial charge in [-0.3, -0.25) is 9.36 Å². The van der Waals surface area contributed by atoms with E-state index in [-0.39, 0.29) is 5.56 Å². The predicted octanol–water partition coefficient (Wildman–Crippen LogP) is 4.10. The Balaban J connectivity index is 1.53. The van der Waals surface area contributed by atoms with Crippen molar-refractivity contribution in [3.8, 4) is 10.8 Å². The van der Waals surface area contributed by atoms with Crippen LogP contribution >= 0.6 is 22.7 Å². The maximum absolute atomic E-state index is 13.0. The first kappa shape index (κ1) is 15.0. The lowest BCUT2D eigenvalue weighted by Crippen LogP contribution is -2.21. The van der Waals surface area contributed by atoms with Crippen molar-refractivity contribution < 1.29 is 4.42 Å². The molecule has 1 aliphatic rings. The van der Waals surface area contributed by atoms with Gasteiger partial charge in [-0.15, -0.1) is 22.7 Å². The average molecular weight is 369 g/mol. The van der Waals surface area contributed by atoms with Crippen LogP contribution in [0.3, 0.4) is 0 Å². The van der Waals surface area contributed by atoms with Crippen molar-refractivity contribution in [1.29, 1.82) is 0 Å². The molecule has 0 aromatic carbocycles. The molecule has 1 aliphatic carbocycles. The topological polar surface area (TPSA) is 60.9 Å². The summed E-state index contributed by atoms with van der Waals surface area (Å²) in [6.07, 6.45) is 7.67. The monoisotopic (exact) mass is 369 g/mol. The molecule has 0 bridgehead atoms. The molecule has 0 N–H and O–H groups in total. The number of rotatable bonds is 3. The summed E-state index contributed by atoms with van der Waals surface area (Å²) in [5.74, 6) is 0.597. The molecule has 7 heteroatoms. The molecule has 0 fully saturated rings. The summed E-state index contributed by atoms with van der Waals surface area (Å²) < 4.78 is 7.19. The summed E-state index contributed by atoms with van der Waals surface area (Å²) in [5.41, 5.74) is 1.98. The number of hydrogen-bond donors (Lipinski definition) is 0. The van der Waals surface area contributed by atoms with E-state index in [0.29, 0.717) is 12.4 Å². The normalized spacial score (nSPS) is 14.1. The van der Waals surface area contributed by atoms with Gasteiger partial charge in [0.15, 0.2) is 0 Å². The van der Waals surface area contributed by atoms with Gasteiger partial charge in [-0.25, -0.2) is 9.97 Å². The minimum Gasteiger partial charge on any atom is -0.443 e. The fourth-order valence-corrected chi connectivity index (χ4v) is 5.24. The number of oxazole rings is 1. The average Bonchev–Trinajstić information content (AvgIpc) is 3.36. The van der Waals surface area contributed by atoms with Crippen LogP contribution in [0.15, 0.2) is 39.3 Å². The van der Waals surface area contributed by atoms with E-state index in [1.165, 1.54) is 16.9 Å². The minimum absolute atomic E-state index is 0.0325. The molecule has 4 aromatic rings. The number of fused-ring (bicyclic) bond motifs is 3. The van der Waals surface area contributed by atoms with Crippen molar-refractivity contribution >= 4 is 32.9 Å². The molecular weight excluding hydrogens is 354 g/mol. The molecule has 5 rings (SSSR count). The van der Waals surface area contributed by atoms with E-state index >= 15 is 0 Å². The Hall–Kier alpha value is -2.25. The standard InChI is InChI=1S/C18H15N3O2S2/c22-18-15-12-4-1-2-5-13(12)25-17(15)19-10-21(18)8-11-9-23-16(20-11)14-6-3-7-24-14/h3,6-7,9-10H,1-2,4-5,8H2. The Labute approximate surface area is 151 Å². The molecule has 0 saturated carbocycles. The number of nitrogens with zero attached hydrogens (tertiary/aromatic N) is 3. The van der Waals surface area contributed by atoms with E-state index < -0.39 is 0 Å². The van der Waals surface area contributed by atoms with Crippen molar-refractivity contribution in [2.75, 3.05) is 0 Å². The van der Waals surface area contributed by atoms with Crippen LogP contribution in [0.2, 0.25) is 0 Å². The largest absolute Gasteiger partial charge is 0.443 e. The van der Waals surface area contributed by atoms with Crippen molar-refractivity contribution in [2.24, 2.45) is 0 Å². The van der Waals surface area contributed by atoms with Crippen molar-refractivity contribution in [2.45, 2.75) is 32.2 Å². The van der Waals surface area contributed by atoms with E-state index in [4.69, 9.17) is 4.42 Å². The summed E-state index contributed by atoms with van der Waals surface area (Å²) in [7, 11) is 0. The molecule has 5 nitrogen and oxygen atoms in total. The highest BCUT2D eigenvalue weighted by molar-refractivity contribution is 7.18. The quantitative estimate of drug-likeness (QED) is 0.545. The van der Waals surface area contributed by atoms with Gasteiger partial charge in [0, 0.05) is 4.88 Å². The van der Waals surface area contributed by atoms with Crippen LogP contribution in [0.5, 0.6) is 0 Å². The van der Waals surface area contributed by atoms with Gasteiger partial charge in [0.2, 0.25) is 5.89 Å². The van der Waals surface area contributed by atoms with Crippen LogP contribution in [0.25, 0.3) is 21.0 Å². The lowest BCUT2D eigenvalue weighted by atomic mass is 9.97. The molecule has 4 heterocycles. The molecule has 0 spiro atoms. The lowest BCUT2D eigenvalue weighted by molar-refractivity contribution is 0.572. The third kappa shape index (κ3) is 2.54. The Morgan fingerprint density at radius 2 is 2.20 bits per heavy atom. The van der Waals surface area contributed by atoms with Gasteiger partial charge < -0.3 is 4.42 Å². The Morgan fingerprint density at radius 3 is 3.08 bits per heavy atom. The maximum atomic E-state index is 13.0. The number of aryl methyl sites for hydroxylation is 2. The summed E-state index contributed by atoms with van der Waals surface area (Å²) in [4.78, 5) is 25.2. The Morgan fingerprint density at radius 1 is 1.28 bits per heavy atom. The summed E-state index contributed by atoms with van der Waals surface area (Å²) >= 11 is 3.26. The van der Waals surface area contributed by atoms with Crippen molar-refractivity contribution in [3.63, 3.8) is 0 Å². The van der Waals surface area contributed by atoms with Crippen LogP contribution in [0.1, 0.15) is 29.0 Å². The Bertz CT molecular complexity index is 1110. The maximum Gasteiger partial charge on any atom is 0.262 e. The van der Waals surface area contributed by atoms with E-state index in [0.717, 1.165) is 40.1 Å². The highest BCUT2D eigenvalue weighted by Gasteiger charge is 2.20. The summed E-state index contributed by atoms with van der Waals surface area (Å²) in [5, 5.41) is 2.80. The second-order valence-corrected chi connectivity index (χ2v) is 8.22. The molecular formula is C18H15N3O2S2. The van der Waals surface area contributed by atoms with Gasteiger partial charge in [-0.1, -0.05) is 6.07 Å². The smallest absolute Gasteiger partial charge is 0.262 e. The first-order chi connectivity index (χ1) is 12.3. The zero-order valence-corrected chi connectivity index (χ0v) is 15.0. The van der Waals surface area contributed by atoms with Gasteiger partial charge in [0.05, 0.1) is 28.8 Å². The molecule has 0 aliphatic heterocycles. The van der Waals surface area contributed by atoms with E-state index in [1.807, 2.05) is 17.5 Å². The molecule has 0 radical (unpaired) electrons. The van der Waals surface area contributed by atoms with E-state index in [1.54, 1.807) is 39.8 Å². The second-order valence-electron chi connectivity index (χ2n) is 6.19. The zero-order valence-electron chi connectivity index (χ0n) is 13.4.